The smallest absolute Gasteiger partial charge is 0.339 e. The Kier molecular flexibility index (Phi) is 6.48. The van der Waals surface area contributed by atoms with Crippen LogP contribution in [0, 0.1) is 13.8 Å². The third-order valence-electron chi connectivity index (χ3n) is 5.87. The number of fused-ring (bicyclic) bond motifs is 1. The highest BCUT2D eigenvalue weighted by atomic mass is 32.1. The fraction of sp³-hybridized carbons (Fsp3) is 0.435. The predicted octanol–water partition coefficient (Wildman–Crippen LogP) is 3.44. The van der Waals surface area contributed by atoms with E-state index >= 15 is 0 Å². The van der Waals surface area contributed by atoms with Crippen LogP contribution in [0.3, 0.4) is 0 Å². The van der Waals surface area contributed by atoms with Gasteiger partial charge in [0.05, 0.1) is 34.5 Å². The molecule has 0 radical (unpaired) electrons. The number of hydrogen-bond donors (Lipinski definition) is 2. The number of rotatable bonds is 6. The molecule has 32 heavy (non-hydrogen) atoms. The summed E-state index contributed by atoms with van der Waals surface area (Å²) in [6, 6.07) is 7.26. The van der Waals surface area contributed by atoms with Crippen molar-refractivity contribution in [3.8, 4) is 0 Å². The van der Waals surface area contributed by atoms with E-state index in [0.29, 0.717) is 24.4 Å². The molecule has 3 aromatic rings. The van der Waals surface area contributed by atoms with Crippen molar-refractivity contribution >= 4 is 38.6 Å². The molecule has 0 saturated carbocycles. The number of carbonyl (C=O) groups is 2. The van der Waals surface area contributed by atoms with Gasteiger partial charge in [0.2, 0.25) is 0 Å². The summed E-state index contributed by atoms with van der Waals surface area (Å²) < 4.78 is 11.7. The summed E-state index contributed by atoms with van der Waals surface area (Å²) in [5.41, 5.74) is 3.93. The quantitative estimate of drug-likeness (QED) is 0.552. The van der Waals surface area contributed by atoms with Crippen LogP contribution in [0.5, 0.6) is 0 Å². The van der Waals surface area contributed by atoms with Crippen LogP contribution in [-0.2, 0) is 9.47 Å². The second kappa shape index (κ2) is 9.30. The number of amides is 1. The molecule has 0 spiro atoms. The van der Waals surface area contributed by atoms with E-state index < -0.39 is 0 Å². The second-order valence-electron chi connectivity index (χ2n) is 7.95. The maximum atomic E-state index is 12.7. The van der Waals surface area contributed by atoms with Gasteiger partial charge in [-0.1, -0.05) is 17.4 Å². The molecule has 170 valence electrons. The highest BCUT2D eigenvalue weighted by molar-refractivity contribution is 7.22. The number of methoxy groups -OCH3 is 1. The molecule has 0 bridgehead atoms. The Bertz CT molecular complexity index is 1120. The molecule has 4 rings (SSSR count). The number of benzene rings is 1. The number of esters is 1. The molecule has 2 atom stereocenters. The van der Waals surface area contributed by atoms with Crippen molar-refractivity contribution in [2.45, 2.75) is 39.3 Å². The van der Waals surface area contributed by atoms with Gasteiger partial charge in [0, 0.05) is 25.9 Å². The summed E-state index contributed by atoms with van der Waals surface area (Å²) >= 11 is 1.48. The number of piperidine rings is 1. The molecular weight excluding hydrogens is 428 g/mol. The lowest BCUT2D eigenvalue weighted by molar-refractivity contribution is 0.0528. The molecule has 1 aliphatic rings. The zero-order valence-corrected chi connectivity index (χ0v) is 19.5. The van der Waals surface area contributed by atoms with E-state index in [-0.39, 0.29) is 24.0 Å². The van der Waals surface area contributed by atoms with Gasteiger partial charge in [0.15, 0.2) is 5.13 Å². The monoisotopic (exact) mass is 456 g/mol. The molecule has 3 heterocycles. The lowest BCUT2D eigenvalue weighted by Gasteiger charge is -2.37. The van der Waals surface area contributed by atoms with Gasteiger partial charge in [-0.3, -0.25) is 4.79 Å². The van der Waals surface area contributed by atoms with Crippen molar-refractivity contribution in [1.29, 1.82) is 0 Å². The van der Waals surface area contributed by atoms with Gasteiger partial charge in [0.1, 0.15) is 5.69 Å². The lowest BCUT2D eigenvalue weighted by Crippen LogP contribution is -2.55. The van der Waals surface area contributed by atoms with Crippen molar-refractivity contribution in [3.63, 3.8) is 0 Å². The average molecular weight is 457 g/mol. The summed E-state index contributed by atoms with van der Waals surface area (Å²) in [4.78, 5) is 35.0. The Labute approximate surface area is 190 Å². The first-order valence-electron chi connectivity index (χ1n) is 10.7. The first-order chi connectivity index (χ1) is 15.4. The number of H-pyrrole nitrogens is 1. The third-order valence-corrected chi connectivity index (χ3v) is 7.03. The topological polar surface area (TPSA) is 96.5 Å². The number of aromatic amines is 1. The molecule has 1 aromatic carbocycles. The fourth-order valence-electron chi connectivity index (χ4n) is 3.97. The number of aryl methyl sites for hydroxylation is 2. The number of nitrogens with zero attached hydrogens (tertiary/aromatic N) is 2. The van der Waals surface area contributed by atoms with Crippen LogP contribution >= 0.6 is 11.3 Å². The van der Waals surface area contributed by atoms with E-state index in [9.17, 15) is 9.59 Å². The van der Waals surface area contributed by atoms with Crippen LogP contribution in [0.2, 0.25) is 0 Å². The lowest BCUT2D eigenvalue weighted by atomic mass is 10.0. The van der Waals surface area contributed by atoms with Gasteiger partial charge in [0.25, 0.3) is 5.91 Å². The summed E-state index contributed by atoms with van der Waals surface area (Å²) in [5.74, 6) is -0.458. The maximum Gasteiger partial charge on any atom is 0.339 e. The normalized spacial score (nSPS) is 18.7. The minimum atomic E-state index is -0.334. The van der Waals surface area contributed by atoms with Crippen molar-refractivity contribution in [2.75, 3.05) is 31.7 Å². The Morgan fingerprint density at radius 3 is 2.84 bits per heavy atom. The van der Waals surface area contributed by atoms with E-state index in [2.05, 4.69) is 15.2 Å². The van der Waals surface area contributed by atoms with Crippen LogP contribution in [0.25, 0.3) is 10.2 Å². The van der Waals surface area contributed by atoms with E-state index in [1.807, 2.05) is 32.0 Å². The zero-order valence-electron chi connectivity index (χ0n) is 18.7. The largest absolute Gasteiger partial charge is 0.462 e. The van der Waals surface area contributed by atoms with Crippen LogP contribution in [0.15, 0.2) is 24.3 Å². The number of anilines is 1. The minimum absolute atomic E-state index is 0.0999. The van der Waals surface area contributed by atoms with E-state index in [1.165, 1.54) is 11.3 Å². The van der Waals surface area contributed by atoms with Crippen LogP contribution in [0.1, 0.15) is 45.4 Å². The number of thiazole rings is 1. The Morgan fingerprint density at radius 1 is 1.34 bits per heavy atom. The number of nitrogens with one attached hydrogen (secondary N) is 2. The highest BCUT2D eigenvalue weighted by Gasteiger charge is 2.32. The first kappa shape index (κ1) is 22.3. The van der Waals surface area contributed by atoms with E-state index in [4.69, 9.17) is 14.5 Å². The standard InChI is InChI=1S/C23H28N4O4S/c1-5-31-22(29)15-7-6-8-17-20(15)32-23(26-17)27-10-9-16(19(12-27)30-4)25-21(28)18-11-13(2)14(3)24-18/h6-8,11,16,19,24H,5,9-10,12H2,1-4H3,(H,25,28)/t16-,19+/m1/s1. The minimum Gasteiger partial charge on any atom is -0.462 e. The molecule has 0 unspecified atom stereocenters. The molecule has 2 aromatic heterocycles. The number of carbonyl (C=O) groups excluding carboxylic acids is 2. The van der Waals surface area contributed by atoms with Gasteiger partial charge in [-0.2, -0.15) is 0 Å². The van der Waals surface area contributed by atoms with Crippen molar-refractivity contribution < 1.29 is 19.1 Å². The molecule has 1 amide bonds. The van der Waals surface area contributed by atoms with E-state index in [0.717, 1.165) is 39.6 Å². The van der Waals surface area contributed by atoms with Crippen LogP contribution < -0.4 is 10.2 Å². The summed E-state index contributed by atoms with van der Waals surface area (Å²) in [6.45, 7) is 7.37. The highest BCUT2D eigenvalue weighted by Crippen LogP contribution is 2.33. The molecule has 1 fully saturated rings. The molecule has 8 nitrogen and oxygen atoms in total. The molecule has 1 aliphatic heterocycles. The summed E-state index contributed by atoms with van der Waals surface area (Å²) in [5, 5.41) is 3.95. The summed E-state index contributed by atoms with van der Waals surface area (Å²) in [7, 11) is 1.66. The number of hydrogen-bond acceptors (Lipinski definition) is 7. The van der Waals surface area contributed by atoms with Gasteiger partial charge in [-0.25, -0.2) is 9.78 Å². The van der Waals surface area contributed by atoms with Gasteiger partial charge < -0.3 is 24.7 Å². The second-order valence-corrected chi connectivity index (χ2v) is 8.93. The fourth-order valence-corrected chi connectivity index (χ4v) is 5.07. The molecule has 9 heteroatoms. The Balaban J connectivity index is 1.49. The number of ether oxygens (including phenoxy) is 2. The zero-order chi connectivity index (χ0) is 22.8. The molecule has 2 N–H and O–H groups in total. The molecule has 1 saturated heterocycles. The summed E-state index contributed by atoms with van der Waals surface area (Å²) in [6.07, 6.45) is 0.547. The van der Waals surface area contributed by atoms with Crippen molar-refractivity contribution in [3.05, 3.63) is 46.8 Å². The Morgan fingerprint density at radius 2 is 2.16 bits per heavy atom. The predicted molar refractivity (Wildman–Crippen MR) is 125 cm³/mol. The van der Waals surface area contributed by atoms with Gasteiger partial charge in [-0.15, -0.1) is 0 Å². The van der Waals surface area contributed by atoms with E-state index in [1.54, 1.807) is 20.1 Å². The van der Waals surface area contributed by atoms with Crippen LogP contribution in [0.4, 0.5) is 5.13 Å². The number of aromatic nitrogens is 2. The van der Waals surface area contributed by atoms with Crippen molar-refractivity contribution in [1.82, 2.24) is 15.3 Å². The van der Waals surface area contributed by atoms with Crippen LogP contribution in [-0.4, -0.2) is 60.8 Å². The Hall–Kier alpha value is -2.91. The SMILES string of the molecule is CCOC(=O)c1cccc2nc(N3CC[C@@H](NC(=O)c4cc(C)c(C)[nH]4)[C@@H](OC)C3)sc12. The molecular formula is C23H28N4O4S. The van der Waals surface area contributed by atoms with Gasteiger partial charge in [-0.05, 0) is 51.0 Å². The first-order valence-corrected chi connectivity index (χ1v) is 11.5. The third kappa shape index (κ3) is 4.35. The van der Waals surface area contributed by atoms with Crippen molar-refractivity contribution in [2.24, 2.45) is 0 Å². The van der Waals surface area contributed by atoms with Gasteiger partial charge >= 0.3 is 5.97 Å². The maximum absolute atomic E-state index is 12.7. The average Bonchev–Trinajstić information content (AvgIpc) is 3.37. The molecule has 0 aliphatic carbocycles.